The first-order valence-corrected chi connectivity index (χ1v) is 5.72. The van der Waals surface area contributed by atoms with Gasteiger partial charge in [0.2, 0.25) is 0 Å². The van der Waals surface area contributed by atoms with Crippen LogP contribution < -0.4 is 10.5 Å². The third-order valence-electron chi connectivity index (χ3n) is 2.18. The summed E-state index contributed by atoms with van der Waals surface area (Å²) in [7, 11) is 0. The zero-order chi connectivity index (χ0) is 12.3. The van der Waals surface area contributed by atoms with Gasteiger partial charge >= 0.3 is 0 Å². The lowest BCUT2D eigenvalue weighted by Crippen LogP contribution is -1.90. The van der Waals surface area contributed by atoms with Gasteiger partial charge in [0.15, 0.2) is 0 Å². The molecule has 0 heterocycles. The summed E-state index contributed by atoms with van der Waals surface area (Å²) in [6, 6.07) is 14.4. The van der Waals surface area contributed by atoms with Crippen molar-refractivity contribution in [3.63, 3.8) is 0 Å². The van der Waals surface area contributed by atoms with Crippen molar-refractivity contribution in [2.45, 2.75) is 0 Å². The molecule has 0 saturated carbocycles. The van der Waals surface area contributed by atoms with E-state index in [9.17, 15) is 0 Å². The summed E-state index contributed by atoms with van der Waals surface area (Å²) in [6.45, 7) is 0. The van der Waals surface area contributed by atoms with Gasteiger partial charge in [0.05, 0.1) is 10.0 Å². The van der Waals surface area contributed by atoms with Gasteiger partial charge in [0.25, 0.3) is 0 Å². The molecule has 0 unspecified atom stereocenters. The molecule has 0 fully saturated rings. The van der Waals surface area contributed by atoms with E-state index in [4.69, 9.17) is 15.7 Å². The molecule has 0 radical (unpaired) electrons. The Morgan fingerprint density at radius 1 is 1.12 bits per heavy atom. The largest absolute Gasteiger partial charge is 0.455 e. The number of nitrogens with two attached hydrogens (primary N) is 1. The maximum Gasteiger partial charge on any atom is 0.145 e. The number of nitrogen functional groups attached to an aromatic ring is 1. The van der Waals surface area contributed by atoms with Crippen LogP contribution in [0.3, 0.4) is 0 Å². The van der Waals surface area contributed by atoms with E-state index < -0.39 is 0 Å². The maximum atomic E-state index is 8.95. The van der Waals surface area contributed by atoms with Crippen LogP contribution in [0.1, 0.15) is 5.56 Å². The second kappa shape index (κ2) is 4.89. The Morgan fingerprint density at radius 3 is 2.59 bits per heavy atom. The number of rotatable bonds is 2. The first-order valence-electron chi connectivity index (χ1n) is 4.92. The van der Waals surface area contributed by atoms with Crippen molar-refractivity contribution in [1.82, 2.24) is 0 Å². The third kappa shape index (κ3) is 2.58. The Labute approximate surface area is 108 Å². The Kier molecular flexibility index (Phi) is 3.31. The van der Waals surface area contributed by atoms with Crippen LogP contribution in [-0.4, -0.2) is 0 Å². The molecular weight excluding hydrogens is 280 g/mol. The Bertz CT molecular complexity index is 590. The van der Waals surface area contributed by atoms with Gasteiger partial charge in [0, 0.05) is 5.69 Å². The number of ether oxygens (including phenoxy) is 1. The zero-order valence-corrected chi connectivity index (χ0v) is 10.4. The molecule has 0 bridgehead atoms. The van der Waals surface area contributed by atoms with E-state index >= 15 is 0 Å². The molecule has 2 N–H and O–H groups in total. The smallest absolute Gasteiger partial charge is 0.145 e. The topological polar surface area (TPSA) is 59.0 Å². The number of nitriles is 1. The van der Waals surface area contributed by atoms with Gasteiger partial charge in [-0.15, -0.1) is 0 Å². The normalized spacial score (nSPS) is 9.65. The van der Waals surface area contributed by atoms with E-state index in [0.717, 1.165) is 4.47 Å². The van der Waals surface area contributed by atoms with E-state index in [1.165, 1.54) is 0 Å². The van der Waals surface area contributed by atoms with E-state index in [1.54, 1.807) is 36.4 Å². The summed E-state index contributed by atoms with van der Waals surface area (Å²) in [4.78, 5) is 0. The minimum atomic E-state index is 0.497. The van der Waals surface area contributed by atoms with Gasteiger partial charge in [-0.05, 0) is 46.3 Å². The Hall–Kier alpha value is -1.99. The van der Waals surface area contributed by atoms with Crippen LogP contribution in [0.25, 0.3) is 0 Å². The second-order valence-electron chi connectivity index (χ2n) is 3.40. The summed E-state index contributed by atoms with van der Waals surface area (Å²) < 4.78 is 6.42. The summed E-state index contributed by atoms with van der Waals surface area (Å²) in [5.41, 5.74) is 6.79. The Morgan fingerprint density at radius 2 is 1.88 bits per heavy atom. The van der Waals surface area contributed by atoms with E-state index in [0.29, 0.717) is 22.7 Å². The van der Waals surface area contributed by atoms with Crippen LogP contribution in [0.4, 0.5) is 5.69 Å². The molecule has 84 valence electrons. The van der Waals surface area contributed by atoms with Gasteiger partial charge in [-0.3, -0.25) is 0 Å². The summed E-state index contributed by atoms with van der Waals surface area (Å²) in [5.74, 6) is 1.15. The quantitative estimate of drug-likeness (QED) is 0.858. The number of nitrogens with zero attached hydrogens (tertiary/aromatic N) is 1. The van der Waals surface area contributed by atoms with Crippen molar-refractivity contribution in [2.24, 2.45) is 0 Å². The number of anilines is 1. The number of para-hydroxylation sites is 1. The zero-order valence-electron chi connectivity index (χ0n) is 8.85. The molecule has 0 saturated heterocycles. The molecule has 2 aromatic carbocycles. The first kappa shape index (κ1) is 11.5. The van der Waals surface area contributed by atoms with Crippen molar-refractivity contribution in [1.29, 1.82) is 5.26 Å². The molecule has 0 aliphatic rings. The molecule has 0 aliphatic heterocycles. The number of benzene rings is 2. The lowest BCUT2D eigenvalue weighted by Gasteiger charge is -2.09. The van der Waals surface area contributed by atoms with Crippen LogP contribution in [0, 0.1) is 11.3 Å². The summed E-state index contributed by atoms with van der Waals surface area (Å²) in [6.07, 6.45) is 0. The van der Waals surface area contributed by atoms with Crippen molar-refractivity contribution < 1.29 is 4.74 Å². The molecular formula is C13H9BrN2O. The molecule has 0 amide bonds. The SMILES string of the molecule is N#Cc1ccccc1Oc1ccc(N)cc1Br. The fraction of sp³-hybridized carbons (Fsp3) is 0. The van der Waals surface area contributed by atoms with E-state index in [1.807, 2.05) is 6.07 Å². The highest BCUT2D eigenvalue weighted by Crippen LogP contribution is 2.32. The maximum absolute atomic E-state index is 8.95. The van der Waals surface area contributed by atoms with Crippen LogP contribution in [-0.2, 0) is 0 Å². The molecule has 4 heteroatoms. The average Bonchev–Trinajstić information content (AvgIpc) is 2.33. The highest BCUT2D eigenvalue weighted by atomic mass is 79.9. The molecule has 0 atom stereocenters. The van der Waals surface area contributed by atoms with Crippen molar-refractivity contribution in [3.05, 3.63) is 52.5 Å². The molecule has 0 aromatic heterocycles. The number of hydrogen-bond acceptors (Lipinski definition) is 3. The molecule has 3 nitrogen and oxygen atoms in total. The molecule has 0 spiro atoms. The van der Waals surface area contributed by atoms with Crippen LogP contribution in [0.15, 0.2) is 46.9 Å². The lowest BCUT2D eigenvalue weighted by atomic mass is 10.2. The fourth-order valence-corrected chi connectivity index (χ4v) is 1.84. The number of halogens is 1. The molecule has 17 heavy (non-hydrogen) atoms. The monoisotopic (exact) mass is 288 g/mol. The molecule has 0 aliphatic carbocycles. The summed E-state index contributed by atoms with van der Waals surface area (Å²) in [5, 5.41) is 8.95. The average molecular weight is 289 g/mol. The van der Waals surface area contributed by atoms with E-state index in [2.05, 4.69) is 22.0 Å². The molecule has 2 aromatic rings. The Balaban J connectivity index is 2.35. The lowest BCUT2D eigenvalue weighted by molar-refractivity contribution is 0.478. The molecule has 2 rings (SSSR count). The van der Waals surface area contributed by atoms with Gasteiger partial charge < -0.3 is 10.5 Å². The van der Waals surface area contributed by atoms with Crippen molar-refractivity contribution in [3.8, 4) is 17.6 Å². The van der Waals surface area contributed by atoms with E-state index in [-0.39, 0.29) is 0 Å². The van der Waals surface area contributed by atoms with Crippen molar-refractivity contribution >= 4 is 21.6 Å². The standard InChI is InChI=1S/C13H9BrN2O/c14-11-7-10(16)5-6-13(11)17-12-4-2-1-3-9(12)8-15/h1-7H,16H2. The summed E-state index contributed by atoms with van der Waals surface area (Å²) >= 11 is 3.36. The van der Waals surface area contributed by atoms with Gasteiger partial charge in [-0.25, -0.2) is 0 Å². The minimum absolute atomic E-state index is 0.497. The minimum Gasteiger partial charge on any atom is -0.455 e. The van der Waals surface area contributed by atoms with Gasteiger partial charge in [0.1, 0.15) is 17.6 Å². The fourth-order valence-electron chi connectivity index (χ4n) is 1.37. The number of hydrogen-bond donors (Lipinski definition) is 1. The third-order valence-corrected chi connectivity index (χ3v) is 2.80. The predicted molar refractivity (Wildman–Crippen MR) is 69.8 cm³/mol. The predicted octanol–water partition coefficient (Wildman–Crippen LogP) is 3.70. The first-order chi connectivity index (χ1) is 8.20. The van der Waals surface area contributed by atoms with Crippen LogP contribution in [0.2, 0.25) is 0 Å². The van der Waals surface area contributed by atoms with Crippen LogP contribution >= 0.6 is 15.9 Å². The highest BCUT2D eigenvalue weighted by molar-refractivity contribution is 9.10. The van der Waals surface area contributed by atoms with Crippen LogP contribution in [0.5, 0.6) is 11.5 Å². The second-order valence-corrected chi connectivity index (χ2v) is 4.25. The van der Waals surface area contributed by atoms with Crippen molar-refractivity contribution in [2.75, 3.05) is 5.73 Å². The van der Waals surface area contributed by atoms with Gasteiger partial charge in [-0.1, -0.05) is 12.1 Å². The van der Waals surface area contributed by atoms with Gasteiger partial charge in [-0.2, -0.15) is 5.26 Å². The highest BCUT2D eigenvalue weighted by Gasteiger charge is 2.06.